The number of carbonyl (C=O) groups is 4. The Bertz CT molecular complexity index is 635. The number of hydrogen-bond donors (Lipinski definition) is 3. The Morgan fingerprint density at radius 2 is 2.00 bits per heavy atom. The van der Waals surface area contributed by atoms with E-state index in [-0.39, 0.29) is 11.7 Å². The van der Waals surface area contributed by atoms with Crippen LogP contribution in [0.25, 0.3) is 0 Å². The highest BCUT2D eigenvalue weighted by Crippen LogP contribution is 2.07. The van der Waals surface area contributed by atoms with Crippen molar-refractivity contribution in [1.82, 2.24) is 20.9 Å². The largest absolute Gasteiger partial charge is 0.454 e. The fourth-order valence-electron chi connectivity index (χ4n) is 1.43. The number of carbonyl (C=O) groups excluding carboxylic acids is 4. The number of pyridine rings is 1. The van der Waals surface area contributed by atoms with E-state index in [4.69, 9.17) is 11.6 Å². The predicted molar refractivity (Wildman–Crippen MR) is 84.3 cm³/mol. The molecule has 0 aliphatic heterocycles. The van der Waals surface area contributed by atoms with Gasteiger partial charge in [0.1, 0.15) is 12.2 Å². The number of esters is 1. The highest BCUT2D eigenvalue weighted by molar-refractivity contribution is 6.30. The lowest BCUT2D eigenvalue weighted by atomic mass is 10.3. The number of nitrogens with zero attached hydrogens (tertiary/aromatic N) is 1. The van der Waals surface area contributed by atoms with Crippen molar-refractivity contribution in [2.24, 2.45) is 0 Å². The van der Waals surface area contributed by atoms with Crippen molar-refractivity contribution < 1.29 is 23.9 Å². The summed E-state index contributed by atoms with van der Waals surface area (Å²) in [6.07, 6.45) is 1.35. The molecule has 0 aromatic carbocycles. The molecular formula is C14H17ClN4O5. The third-order valence-corrected chi connectivity index (χ3v) is 2.62. The summed E-state index contributed by atoms with van der Waals surface area (Å²) in [4.78, 5) is 49.6. The second-order valence-electron chi connectivity index (χ2n) is 4.88. The van der Waals surface area contributed by atoms with Crippen molar-refractivity contribution in [1.29, 1.82) is 0 Å². The number of amides is 4. The van der Waals surface area contributed by atoms with Crippen molar-refractivity contribution in [2.45, 2.75) is 19.9 Å². The van der Waals surface area contributed by atoms with E-state index in [2.05, 4.69) is 20.4 Å². The molecular weight excluding hydrogens is 340 g/mol. The minimum Gasteiger partial charge on any atom is -0.454 e. The van der Waals surface area contributed by atoms with Crippen LogP contribution in [-0.2, 0) is 14.3 Å². The van der Waals surface area contributed by atoms with E-state index in [0.717, 1.165) is 0 Å². The first-order valence-corrected chi connectivity index (χ1v) is 7.31. The molecule has 0 saturated carbocycles. The monoisotopic (exact) mass is 356 g/mol. The number of ether oxygens (including phenoxy) is 1. The molecule has 0 aliphatic carbocycles. The molecule has 0 radical (unpaired) electrons. The summed E-state index contributed by atoms with van der Waals surface area (Å²) in [6.45, 7) is 2.34. The lowest BCUT2D eigenvalue weighted by Gasteiger charge is -2.09. The molecule has 1 rings (SSSR count). The summed E-state index contributed by atoms with van der Waals surface area (Å²) in [5, 5.41) is 7.02. The zero-order valence-corrected chi connectivity index (χ0v) is 13.8. The quantitative estimate of drug-likeness (QED) is 0.627. The maximum atomic E-state index is 11.7. The molecule has 1 heterocycles. The second-order valence-corrected chi connectivity index (χ2v) is 5.32. The Labute approximate surface area is 143 Å². The van der Waals surface area contributed by atoms with Gasteiger partial charge in [-0.15, -0.1) is 0 Å². The van der Waals surface area contributed by atoms with Gasteiger partial charge in [0, 0.05) is 17.3 Å². The van der Waals surface area contributed by atoms with Crippen LogP contribution in [0.4, 0.5) is 4.79 Å². The molecule has 0 aliphatic rings. The SMILES string of the molecule is CC(C)NC(=O)NC(=O)COC(=O)CNC(=O)c1cc(Cl)ccn1. The smallest absolute Gasteiger partial charge is 0.325 e. The molecule has 0 saturated heterocycles. The maximum Gasteiger partial charge on any atom is 0.325 e. The van der Waals surface area contributed by atoms with Crippen LogP contribution in [0, 0.1) is 0 Å². The van der Waals surface area contributed by atoms with Crippen molar-refractivity contribution in [3.63, 3.8) is 0 Å². The van der Waals surface area contributed by atoms with Gasteiger partial charge in [0.15, 0.2) is 6.61 Å². The van der Waals surface area contributed by atoms with Gasteiger partial charge in [0.2, 0.25) is 0 Å². The number of urea groups is 1. The number of nitrogens with one attached hydrogen (secondary N) is 3. The molecule has 1 aromatic rings. The van der Waals surface area contributed by atoms with E-state index in [0.29, 0.717) is 5.02 Å². The van der Waals surface area contributed by atoms with Crippen LogP contribution >= 0.6 is 11.6 Å². The molecule has 0 bridgehead atoms. The third-order valence-electron chi connectivity index (χ3n) is 2.38. The first kappa shape index (κ1) is 19.4. The number of halogens is 1. The molecule has 1 aromatic heterocycles. The first-order chi connectivity index (χ1) is 11.3. The average molecular weight is 357 g/mol. The lowest BCUT2D eigenvalue weighted by molar-refractivity contribution is -0.147. The van der Waals surface area contributed by atoms with Gasteiger partial charge in [-0.3, -0.25) is 24.7 Å². The summed E-state index contributed by atoms with van der Waals surface area (Å²) in [7, 11) is 0. The molecule has 9 nitrogen and oxygen atoms in total. The summed E-state index contributed by atoms with van der Waals surface area (Å²) < 4.78 is 4.63. The minimum atomic E-state index is -0.843. The number of hydrogen-bond acceptors (Lipinski definition) is 6. The van der Waals surface area contributed by atoms with Gasteiger partial charge in [0.25, 0.3) is 11.8 Å². The summed E-state index contributed by atoms with van der Waals surface area (Å²) in [5.41, 5.74) is 0.0402. The van der Waals surface area contributed by atoms with Crippen LogP contribution in [0.2, 0.25) is 5.02 Å². The van der Waals surface area contributed by atoms with E-state index >= 15 is 0 Å². The number of imide groups is 1. The topological polar surface area (TPSA) is 126 Å². The average Bonchev–Trinajstić information content (AvgIpc) is 2.49. The van der Waals surface area contributed by atoms with Crippen LogP contribution in [-0.4, -0.2) is 48.0 Å². The van der Waals surface area contributed by atoms with E-state index in [9.17, 15) is 19.2 Å². The van der Waals surface area contributed by atoms with Gasteiger partial charge in [-0.25, -0.2) is 4.79 Å². The molecule has 130 valence electrons. The zero-order valence-electron chi connectivity index (χ0n) is 13.1. The van der Waals surface area contributed by atoms with Crippen LogP contribution in [0.5, 0.6) is 0 Å². The van der Waals surface area contributed by atoms with Crippen molar-refractivity contribution in [3.8, 4) is 0 Å². The summed E-state index contributed by atoms with van der Waals surface area (Å²) in [5.74, 6) is -2.25. The standard InChI is InChI=1S/C14H17ClN4O5/c1-8(2)18-14(23)19-11(20)7-24-12(21)6-17-13(22)10-5-9(15)3-4-16-10/h3-5,8H,6-7H2,1-2H3,(H,17,22)(H2,18,19,20,23). The summed E-state index contributed by atoms with van der Waals surface area (Å²) >= 11 is 5.72. The predicted octanol–water partition coefficient (Wildman–Crippen LogP) is 0.242. The highest BCUT2D eigenvalue weighted by atomic mass is 35.5. The fourth-order valence-corrected chi connectivity index (χ4v) is 1.59. The Hall–Kier alpha value is -2.68. The van der Waals surface area contributed by atoms with Gasteiger partial charge in [0.05, 0.1) is 0 Å². The highest BCUT2D eigenvalue weighted by Gasteiger charge is 2.13. The summed E-state index contributed by atoms with van der Waals surface area (Å²) in [6, 6.07) is 2.01. The van der Waals surface area contributed by atoms with E-state index < -0.39 is 37.0 Å². The molecule has 4 amide bonds. The van der Waals surface area contributed by atoms with Crippen LogP contribution in [0.15, 0.2) is 18.3 Å². The van der Waals surface area contributed by atoms with Crippen LogP contribution in [0.1, 0.15) is 24.3 Å². The molecule has 0 atom stereocenters. The minimum absolute atomic E-state index is 0.0402. The van der Waals surface area contributed by atoms with E-state index in [1.807, 2.05) is 5.32 Å². The van der Waals surface area contributed by atoms with Crippen LogP contribution in [0.3, 0.4) is 0 Å². The van der Waals surface area contributed by atoms with E-state index in [1.165, 1.54) is 18.3 Å². The Morgan fingerprint density at radius 3 is 2.62 bits per heavy atom. The lowest BCUT2D eigenvalue weighted by Crippen LogP contribution is -2.44. The maximum absolute atomic E-state index is 11.7. The molecule has 0 unspecified atom stereocenters. The van der Waals surface area contributed by atoms with Crippen LogP contribution < -0.4 is 16.0 Å². The van der Waals surface area contributed by atoms with Crippen molar-refractivity contribution >= 4 is 35.4 Å². The normalized spacial score (nSPS) is 10.0. The van der Waals surface area contributed by atoms with Gasteiger partial charge in [-0.05, 0) is 26.0 Å². The molecule has 0 fully saturated rings. The Balaban J connectivity index is 2.30. The molecule has 0 spiro atoms. The van der Waals surface area contributed by atoms with Gasteiger partial charge in [-0.2, -0.15) is 0 Å². The van der Waals surface area contributed by atoms with Gasteiger partial charge in [-0.1, -0.05) is 11.6 Å². The van der Waals surface area contributed by atoms with Crippen molar-refractivity contribution in [2.75, 3.05) is 13.2 Å². The van der Waals surface area contributed by atoms with Gasteiger partial charge >= 0.3 is 12.0 Å². The zero-order chi connectivity index (χ0) is 18.1. The van der Waals surface area contributed by atoms with E-state index in [1.54, 1.807) is 13.8 Å². The second kappa shape index (κ2) is 9.46. The molecule has 3 N–H and O–H groups in total. The molecule has 10 heteroatoms. The first-order valence-electron chi connectivity index (χ1n) is 6.93. The van der Waals surface area contributed by atoms with Gasteiger partial charge < -0.3 is 15.4 Å². The number of aromatic nitrogens is 1. The van der Waals surface area contributed by atoms with Crippen molar-refractivity contribution in [3.05, 3.63) is 29.0 Å². The number of rotatable bonds is 6. The fraction of sp³-hybridized carbons (Fsp3) is 0.357. The molecule has 24 heavy (non-hydrogen) atoms. The Kier molecular flexibility index (Phi) is 7.63. The third kappa shape index (κ3) is 7.54. The Morgan fingerprint density at radius 1 is 1.29 bits per heavy atom.